The second-order valence-corrected chi connectivity index (χ2v) is 28.8. The van der Waals surface area contributed by atoms with Crippen LogP contribution in [0.25, 0.3) is 22.9 Å². The number of nitrogens with two attached hydrogens (primary N) is 1. The van der Waals surface area contributed by atoms with E-state index in [0.717, 1.165) is 53.4 Å². The van der Waals surface area contributed by atoms with Gasteiger partial charge in [0.25, 0.3) is 50.6 Å². The number of azo groups is 1. The molecule has 2 aliphatic rings. The van der Waals surface area contributed by atoms with E-state index in [2.05, 4.69) is 50.5 Å². The van der Waals surface area contributed by atoms with Crippen LogP contribution in [0.4, 0.5) is 57.7 Å². The molecule has 1 heterocycles. The SMILES string of the molecule is CN(c1ccc2c(c1)C=C(S(=O)(=O)O)C(=N)C2=O)c1nc(Nc2cc(N)c(S(=O)(=O)O)cc2/N=N/c2ccc(S(=O)(=O)CCOS(=O)(=O)O)cc2)nc(Nc2cc(S(=O)(=O)O)cc3c2C(=O)/C(=N\Nc2ccc4ccccc4c2S(=O)(=O)O)C(S(=O)(=O)O)=C3)n1. The fourth-order valence-electron chi connectivity index (χ4n) is 8.64. The number of nitrogen functional groups attached to an aromatic ring is 1. The molecule has 0 radical (unpaired) electrons. The number of carbonyl (C=O) groups excluding carboxylic acids is 2. The number of benzene rings is 6. The van der Waals surface area contributed by atoms with E-state index in [9.17, 15) is 91.3 Å². The molecule has 1 aromatic heterocycles. The third-order valence-corrected chi connectivity index (χ3v) is 19.3. The van der Waals surface area contributed by atoms with Crippen molar-refractivity contribution in [1.82, 2.24) is 15.0 Å². The van der Waals surface area contributed by atoms with E-state index in [1.54, 1.807) is 0 Å². The summed E-state index contributed by atoms with van der Waals surface area (Å²) in [6.07, 6.45) is 1.35. The molecule has 90 heavy (non-hydrogen) atoms. The van der Waals surface area contributed by atoms with Crippen LogP contribution in [0.3, 0.4) is 0 Å². The van der Waals surface area contributed by atoms with Crippen molar-refractivity contribution >= 4 is 174 Å². The summed E-state index contributed by atoms with van der Waals surface area (Å²) in [6, 6.07) is 18.8. The van der Waals surface area contributed by atoms with Gasteiger partial charge in [-0.2, -0.15) is 75.7 Å². The predicted octanol–water partition coefficient (Wildman–Crippen LogP) is 4.95. The van der Waals surface area contributed by atoms with Gasteiger partial charge in [-0.1, -0.05) is 30.3 Å². The van der Waals surface area contributed by atoms with Gasteiger partial charge < -0.3 is 21.3 Å². The Hall–Kier alpha value is -9.28. The molecule has 0 spiro atoms. The zero-order valence-corrected chi connectivity index (χ0v) is 50.3. The van der Waals surface area contributed by atoms with Crippen molar-refractivity contribution in [2.75, 3.05) is 46.1 Å². The molecule has 2 aliphatic carbocycles. The molecule has 0 bridgehead atoms. The molecule has 0 unspecified atom stereocenters. The molecule has 6 aromatic carbocycles. The highest BCUT2D eigenvalue weighted by molar-refractivity contribution is 7.92. The van der Waals surface area contributed by atoms with Crippen LogP contribution in [0.5, 0.6) is 0 Å². The van der Waals surface area contributed by atoms with Crippen molar-refractivity contribution in [3.05, 3.63) is 135 Å². The Labute approximate surface area is 507 Å². The van der Waals surface area contributed by atoms with Crippen LogP contribution in [0.1, 0.15) is 31.8 Å². The van der Waals surface area contributed by atoms with Crippen LogP contribution < -0.4 is 26.7 Å². The van der Waals surface area contributed by atoms with Crippen LogP contribution in [0, 0.1) is 5.41 Å². The van der Waals surface area contributed by atoms with Gasteiger partial charge in [0.1, 0.15) is 31.0 Å². The third kappa shape index (κ3) is 14.1. The maximum atomic E-state index is 14.8. The maximum Gasteiger partial charge on any atom is 0.397 e. The fraction of sp³-hybridized carbons (Fsp3) is 0.0625. The number of nitrogens with zero attached hydrogens (tertiary/aromatic N) is 7. The number of anilines is 8. The number of aromatic nitrogens is 3. The van der Waals surface area contributed by atoms with Crippen molar-refractivity contribution < 1.29 is 100 Å². The second kappa shape index (κ2) is 23.6. The first-order chi connectivity index (χ1) is 41.7. The lowest BCUT2D eigenvalue weighted by Crippen LogP contribution is -2.28. The summed E-state index contributed by atoms with van der Waals surface area (Å²) in [5.74, 6) is -5.46. The summed E-state index contributed by atoms with van der Waals surface area (Å²) >= 11 is 0. The van der Waals surface area contributed by atoms with E-state index < -0.39 is 182 Å². The monoisotopic (exact) mass is 1370 g/mol. The van der Waals surface area contributed by atoms with Crippen LogP contribution in [-0.2, 0) is 75.0 Å². The summed E-state index contributed by atoms with van der Waals surface area (Å²) in [6.45, 7) is -0.960. The number of allylic oxidation sites excluding steroid dienone is 2. The second-order valence-electron chi connectivity index (χ2n) is 18.6. The zero-order chi connectivity index (χ0) is 66.0. The molecule has 42 heteroatoms. The first-order valence-corrected chi connectivity index (χ1v) is 34.4. The number of fused-ring (bicyclic) bond motifs is 3. The highest BCUT2D eigenvalue weighted by atomic mass is 32.3. The average molecular weight is 1380 g/mol. The predicted molar refractivity (Wildman–Crippen MR) is 318 cm³/mol. The van der Waals surface area contributed by atoms with Gasteiger partial charge >= 0.3 is 10.4 Å². The van der Waals surface area contributed by atoms with E-state index in [0.29, 0.717) is 24.3 Å². The quantitative estimate of drug-likeness (QED) is 0.0208. The number of hydrogen-bond acceptors (Lipinski definition) is 29. The largest absolute Gasteiger partial charge is 0.398 e. The minimum absolute atomic E-state index is 0.0220. The molecule has 0 fully saturated rings. The van der Waals surface area contributed by atoms with Crippen LogP contribution in [-0.4, -0.2) is 144 Å². The molecule has 7 aromatic rings. The molecular weight excluding hydrogens is 1340 g/mol. The number of Topliss-reactive ketones (excluding diaryl/α,β-unsaturated/α-hetero) is 2. The molecule has 470 valence electrons. The van der Waals surface area contributed by atoms with E-state index in [1.165, 1.54) is 49.5 Å². The lowest BCUT2D eigenvalue weighted by Gasteiger charge is -2.23. The smallest absolute Gasteiger partial charge is 0.397 e. The Kier molecular flexibility index (Phi) is 17.1. The number of sulfone groups is 1. The number of ketones is 2. The van der Waals surface area contributed by atoms with Crippen LogP contribution >= 0.6 is 0 Å². The Morgan fingerprint density at radius 2 is 1.24 bits per heavy atom. The van der Waals surface area contributed by atoms with Crippen LogP contribution in [0.2, 0.25) is 0 Å². The summed E-state index contributed by atoms with van der Waals surface area (Å²) in [7, 11) is -34.4. The number of hydrogen-bond donors (Lipinski definition) is 11. The minimum atomic E-state index is -5.57. The number of hydrazone groups is 1. The fourth-order valence-corrected chi connectivity index (χ4v) is 13.4. The van der Waals surface area contributed by atoms with Gasteiger partial charge in [-0.25, -0.2) is 12.6 Å². The van der Waals surface area contributed by atoms with Crippen LogP contribution in [0.15, 0.2) is 148 Å². The average Bonchev–Trinajstić information content (AvgIpc) is 0.763. The first kappa shape index (κ1) is 65.2. The van der Waals surface area contributed by atoms with Crippen molar-refractivity contribution in [2.24, 2.45) is 15.3 Å². The van der Waals surface area contributed by atoms with Crippen molar-refractivity contribution in [3.8, 4) is 0 Å². The van der Waals surface area contributed by atoms with Gasteiger partial charge in [0.2, 0.25) is 29.4 Å². The molecule has 12 N–H and O–H groups in total. The standard InChI is InChI=1S/C48H38N12O23S7/c1-60(27-9-12-30-24(16-27)18-38(87(71,72)73)41(50)43(30)61)48-54-46(51-34-21-32(49)37(86(68,69)70)22-35(34)58-56-26-7-10-28(11-8-26)84(63,64)15-14-83-90(80,81)82)53-47(55-48)52-36-20-29(85(65,66)67)17-25-19-39(88(74,75)76)42(44(62)40(25)36)59-57-33-13-6-23-4-2-3-5-31(23)45(33)89(77,78)79/h2-13,16-22,50,57H,14-15,49H2,1H3,(H,65,66,67)(H,68,69,70)(H,71,72,73)(H,74,75,76)(H,77,78,79)(H,80,81,82)(H2,51,52,53,54,55)/b50-41?,58-56+,59-42-. The lowest BCUT2D eigenvalue weighted by molar-refractivity contribution is 0.105. The van der Waals surface area contributed by atoms with Gasteiger partial charge in [-0.3, -0.25) is 47.7 Å². The summed E-state index contributed by atoms with van der Waals surface area (Å²) in [5, 5.41) is 25.4. The third-order valence-electron chi connectivity index (χ3n) is 12.7. The first-order valence-electron chi connectivity index (χ1n) is 24.2. The topological polar surface area (TPSA) is 569 Å². The Balaban J connectivity index is 1.19. The molecule has 0 aliphatic heterocycles. The Bertz CT molecular complexity index is 5300. The number of carbonyl (C=O) groups is 2. The molecule has 0 atom stereocenters. The summed E-state index contributed by atoms with van der Waals surface area (Å²) in [4.78, 5) is 36.5. The lowest BCUT2D eigenvalue weighted by atomic mass is 9.93. The Morgan fingerprint density at radius 1 is 0.611 bits per heavy atom. The molecule has 0 amide bonds. The molecule has 0 saturated carbocycles. The molecular formula is C48H38N12O23S7. The zero-order valence-electron chi connectivity index (χ0n) is 44.6. The highest BCUT2D eigenvalue weighted by Gasteiger charge is 2.37. The minimum Gasteiger partial charge on any atom is -0.398 e. The number of nitrogens with one attached hydrogen (secondary N) is 4. The molecule has 9 rings (SSSR count). The van der Waals surface area contributed by atoms with Crippen molar-refractivity contribution in [1.29, 1.82) is 5.41 Å². The van der Waals surface area contributed by atoms with E-state index in [1.807, 2.05) is 0 Å². The maximum absolute atomic E-state index is 14.8. The van der Waals surface area contributed by atoms with E-state index in [4.69, 9.17) is 15.7 Å². The summed E-state index contributed by atoms with van der Waals surface area (Å²) < 4.78 is 238. The van der Waals surface area contributed by atoms with Crippen molar-refractivity contribution in [2.45, 2.75) is 19.6 Å². The van der Waals surface area contributed by atoms with E-state index in [-0.39, 0.29) is 43.9 Å². The summed E-state index contributed by atoms with van der Waals surface area (Å²) in [5.41, 5.74) is 1.25. The molecule has 0 saturated heterocycles. The van der Waals surface area contributed by atoms with Gasteiger partial charge in [0.15, 0.2) is 15.5 Å². The van der Waals surface area contributed by atoms with Gasteiger partial charge in [0.05, 0.1) is 56.2 Å². The normalized spacial score (nSPS) is 14.7. The van der Waals surface area contributed by atoms with Gasteiger partial charge in [-0.15, -0.1) is 5.11 Å². The van der Waals surface area contributed by atoms with Gasteiger partial charge in [0, 0.05) is 23.7 Å². The molecule has 35 nitrogen and oxygen atoms in total. The number of rotatable bonds is 20. The Morgan fingerprint density at radius 3 is 1.86 bits per heavy atom. The van der Waals surface area contributed by atoms with Crippen molar-refractivity contribution in [3.63, 3.8) is 0 Å². The van der Waals surface area contributed by atoms with E-state index >= 15 is 0 Å². The highest BCUT2D eigenvalue weighted by Crippen LogP contribution is 2.40. The van der Waals surface area contributed by atoms with Gasteiger partial charge in [-0.05, 0) is 101 Å².